The molecule has 2 aliphatic rings. The number of halogens is 3. The minimum atomic E-state index is -0.370. The molecule has 0 aliphatic carbocycles. The monoisotopic (exact) mass is 377 g/mol. The first-order valence-corrected chi connectivity index (χ1v) is 9.01. The quantitative estimate of drug-likeness (QED) is 0.841. The Kier molecular flexibility index (Phi) is 4.59. The van der Waals surface area contributed by atoms with Crippen LogP contribution in [0.25, 0.3) is 0 Å². The van der Waals surface area contributed by atoms with E-state index in [0.29, 0.717) is 0 Å². The average Bonchev–Trinajstić information content (AvgIpc) is 3.02. The van der Waals surface area contributed by atoms with Crippen LogP contribution in [-0.2, 0) is 6.54 Å². The molecule has 130 valence electrons. The molecular formula is C19H18Cl2FN3. The van der Waals surface area contributed by atoms with Crippen molar-refractivity contribution in [1.82, 2.24) is 10.3 Å². The summed E-state index contributed by atoms with van der Waals surface area (Å²) in [6.45, 7) is 3.50. The maximum atomic E-state index is 13.3. The molecule has 2 aliphatic heterocycles. The van der Waals surface area contributed by atoms with E-state index in [-0.39, 0.29) is 10.8 Å². The second kappa shape index (κ2) is 6.87. The largest absolute Gasteiger partial charge is 0.301 e. The fourth-order valence-corrected chi connectivity index (χ4v) is 3.68. The molecule has 0 unspecified atom stereocenters. The highest BCUT2D eigenvalue weighted by molar-refractivity contribution is 6.31. The third kappa shape index (κ3) is 3.61. The number of hydrogen-bond donors (Lipinski definition) is 1. The van der Waals surface area contributed by atoms with Gasteiger partial charge in [0.15, 0.2) is 0 Å². The van der Waals surface area contributed by atoms with Crippen molar-refractivity contribution in [3.8, 4) is 0 Å². The van der Waals surface area contributed by atoms with Gasteiger partial charge in [0.1, 0.15) is 5.82 Å². The van der Waals surface area contributed by atoms with Crippen LogP contribution in [0.4, 0.5) is 10.1 Å². The zero-order valence-corrected chi connectivity index (χ0v) is 15.1. The van der Waals surface area contributed by atoms with E-state index in [0.717, 1.165) is 48.9 Å². The summed E-state index contributed by atoms with van der Waals surface area (Å²) < 4.78 is 13.3. The van der Waals surface area contributed by atoms with E-state index in [1.54, 1.807) is 12.1 Å². The van der Waals surface area contributed by atoms with Crippen LogP contribution in [0.2, 0.25) is 10.0 Å². The minimum Gasteiger partial charge on any atom is -0.301 e. The van der Waals surface area contributed by atoms with Gasteiger partial charge in [-0.25, -0.2) is 4.39 Å². The van der Waals surface area contributed by atoms with Gasteiger partial charge in [0.05, 0.1) is 17.3 Å². The van der Waals surface area contributed by atoms with Crippen molar-refractivity contribution in [3.63, 3.8) is 0 Å². The lowest BCUT2D eigenvalue weighted by Crippen LogP contribution is -2.36. The molecule has 0 fully saturated rings. The number of benzene rings is 2. The molecular weight excluding hydrogens is 360 g/mol. The van der Waals surface area contributed by atoms with E-state index in [1.165, 1.54) is 17.3 Å². The lowest BCUT2D eigenvalue weighted by atomic mass is 10.1. The van der Waals surface area contributed by atoms with E-state index in [9.17, 15) is 4.39 Å². The molecule has 0 saturated heterocycles. The summed E-state index contributed by atoms with van der Waals surface area (Å²) in [6.07, 6.45) is 1.03. The van der Waals surface area contributed by atoms with E-state index < -0.39 is 0 Å². The molecule has 0 bridgehead atoms. The second-order valence-corrected chi connectivity index (χ2v) is 7.31. The predicted octanol–water partition coefficient (Wildman–Crippen LogP) is 4.62. The van der Waals surface area contributed by atoms with Gasteiger partial charge >= 0.3 is 0 Å². The maximum Gasteiger partial charge on any atom is 0.141 e. The summed E-state index contributed by atoms with van der Waals surface area (Å²) in [6, 6.07) is 12.8. The standard InChI is InChI=1S/C19H18Cl2FN3/c20-15-2-4-16(5-3-15)25-11-14-7-8-24(12-19(14)23-25)10-13-1-6-18(22)17(21)9-13/h1-6,9,23H,7-8,10-12H2. The first-order chi connectivity index (χ1) is 12.1. The van der Waals surface area contributed by atoms with Gasteiger partial charge in [-0.05, 0) is 54.0 Å². The number of hydrazine groups is 1. The number of hydrogen-bond acceptors (Lipinski definition) is 3. The van der Waals surface area contributed by atoms with Crippen molar-refractivity contribution >= 4 is 28.9 Å². The van der Waals surface area contributed by atoms with Crippen LogP contribution in [0, 0.1) is 5.82 Å². The number of rotatable bonds is 3. The Labute approximate surface area is 156 Å². The molecule has 3 nitrogen and oxygen atoms in total. The second-order valence-electron chi connectivity index (χ2n) is 6.47. The number of anilines is 1. The third-order valence-corrected chi connectivity index (χ3v) is 5.23. The van der Waals surface area contributed by atoms with E-state index in [4.69, 9.17) is 23.2 Å². The first-order valence-electron chi connectivity index (χ1n) is 8.25. The van der Waals surface area contributed by atoms with Gasteiger partial charge in [-0.2, -0.15) is 0 Å². The minimum absolute atomic E-state index is 0.183. The van der Waals surface area contributed by atoms with Gasteiger partial charge in [-0.15, -0.1) is 0 Å². The van der Waals surface area contributed by atoms with Gasteiger partial charge in [0.25, 0.3) is 0 Å². The highest BCUT2D eigenvalue weighted by atomic mass is 35.5. The van der Waals surface area contributed by atoms with Crippen LogP contribution < -0.4 is 10.4 Å². The molecule has 2 heterocycles. The van der Waals surface area contributed by atoms with Crippen molar-refractivity contribution in [3.05, 3.63) is 75.2 Å². The highest BCUT2D eigenvalue weighted by Crippen LogP contribution is 2.28. The Balaban J connectivity index is 1.41. The van der Waals surface area contributed by atoms with Gasteiger partial charge in [0.2, 0.25) is 0 Å². The smallest absolute Gasteiger partial charge is 0.141 e. The molecule has 0 atom stereocenters. The lowest BCUT2D eigenvalue weighted by Gasteiger charge is -2.28. The summed E-state index contributed by atoms with van der Waals surface area (Å²) in [5.41, 5.74) is 8.35. The molecule has 0 radical (unpaired) electrons. The normalized spacial score (nSPS) is 17.6. The highest BCUT2D eigenvalue weighted by Gasteiger charge is 2.27. The zero-order valence-electron chi connectivity index (χ0n) is 13.6. The Hall–Kier alpha value is -1.75. The van der Waals surface area contributed by atoms with Gasteiger partial charge in [0, 0.05) is 30.4 Å². The first kappa shape index (κ1) is 16.7. The summed E-state index contributed by atoms with van der Waals surface area (Å²) in [5.74, 6) is -0.370. The molecule has 2 aromatic rings. The van der Waals surface area contributed by atoms with Crippen LogP contribution in [0.1, 0.15) is 12.0 Å². The predicted molar refractivity (Wildman–Crippen MR) is 100 cm³/mol. The molecule has 0 saturated carbocycles. The van der Waals surface area contributed by atoms with Crippen molar-refractivity contribution in [2.24, 2.45) is 0 Å². The molecule has 0 amide bonds. The third-order valence-electron chi connectivity index (χ3n) is 4.69. The van der Waals surface area contributed by atoms with Crippen LogP contribution in [0.5, 0.6) is 0 Å². The molecule has 4 rings (SSSR count). The molecule has 6 heteroatoms. The fraction of sp³-hybridized carbons (Fsp3) is 0.263. The zero-order chi connectivity index (χ0) is 17.4. The van der Waals surface area contributed by atoms with E-state index >= 15 is 0 Å². The Morgan fingerprint density at radius 1 is 1.04 bits per heavy atom. The van der Waals surface area contributed by atoms with E-state index in [1.807, 2.05) is 24.3 Å². The molecule has 0 spiro atoms. The van der Waals surface area contributed by atoms with Gasteiger partial charge < -0.3 is 5.43 Å². The number of nitrogens with zero attached hydrogens (tertiary/aromatic N) is 2. The van der Waals surface area contributed by atoms with Crippen LogP contribution in [0.3, 0.4) is 0 Å². The van der Waals surface area contributed by atoms with E-state index in [2.05, 4.69) is 15.3 Å². The molecule has 2 aromatic carbocycles. The SMILES string of the molecule is Fc1ccc(CN2CCC3=C(C2)NN(c2ccc(Cl)cc2)C3)cc1Cl. The molecule has 0 aromatic heterocycles. The van der Waals surface area contributed by atoms with Crippen molar-refractivity contribution in [2.75, 3.05) is 24.6 Å². The van der Waals surface area contributed by atoms with Crippen molar-refractivity contribution in [2.45, 2.75) is 13.0 Å². The Morgan fingerprint density at radius 3 is 2.60 bits per heavy atom. The van der Waals surface area contributed by atoms with Crippen LogP contribution in [0.15, 0.2) is 53.7 Å². The van der Waals surface area contributed by atoms with Crippen LogP contribution >= 0.6 is 23.2 Å². The fourth-order valence-electron chi connectivity index (χ4n) is 3.35. The number of nitrogens with one attached hydrogen (secondary N) is 1. The molecule has 1 N–H and O–H groups in total. The van der Waals surface area contributed by atoms with Crippen molar-refractivity contribution < 1.29 is 4.39 Å². The summed E-state index contributed by atoms with van der Waals surface area (Å²) in [7, 11) is 0. The van der Waals surface area contributed by atoms with Gasteiger partial charge in [-0.1, -0.05) is 29.3 Å². The van der Waals surface area contributed by atoms with Gasteiger partial charge in [-0.3, -0.25) is 9.91 Å². The average molecular weight is 378 g/mol. The Morgan fingerprint density at radius 2 is 1.84 bits per heavy atom. The summed E-state index contributed by atoms with van der Waals surface area (Å²) in [5, 5.41) is 3.08. The maximum absolute atomic E-state index is 13.3. The topological polar surface area (TPSA) is 18.5 Å². The van der Waals surface area contributed by atoms with Crippen molar-refractivity contribution in [1.29, 1.82) is 0 Å². The van der Waals surface area contributed by atoms with Crippen LogP contribution in [-0.4, -0.2) is 24.5 Å². The summed E-state index contributed by atoms with van der Waals surface area (Å²) in [4.78, 5) is 2.35. The molecule has 25 heavy (non-hydrogen) atoms. The lowest BCUT2D eigenvalue weighted by molar-refractivity contribution is 0.275. The summed E-state index contributed by atoms with van der Waals surface area (Å²) >= 11 is 11.9. The Bertz CT molecular complexity index is 820.